The van der Waals surface area contributed by atoms with Crippen LogP contribution in [0.4, 0.5) is 5.69 Å². The van der Waals surface area contributed by atoms with E-state index in [-0.39, 0.29) is 16.8 Å². The van der Waals surface area contributed by atoms with E-state index in [2.05, 4.69) is 10.3 Å². The van der Waals surface area contributed by atoms with Crippen molar-refractivity contribution in [3.8, 4) is 0 Å². The molecule has 1 saturated heterocycles. The van der Waals surface area contributed by atoms with Gasteiger partial charge < -0.3 is 5.32 Å². The van der Waals surface area contributed by atoms with Crippen molar-refractivity contribution in [2.45, 2.75) is 37.1 Å². The van der Waals surface area contributed by atoms with E-state index in [0.717, 1.165) is 30.4 Å². The van der Waals surface area contributed by atoms with Gasteiger partial charge in [-0.05, 0) is 67.8 Å². The average molecular weight is 436 g/mol. The normalized spacial score (nSPS) is 17.3. The lowest BCUT2D eigenvalue weighted by atomic mass is 9.99. The van der Waals surface area contributed by atoms with Crippen molar-refractivity contribution in [2.24, 2.45) is 0 Å². The molecule has 1 aliphatic heterocycles. The van der Waals surface area contributed by atoms with Crippen LogP contribution >= 0.6 is 0 Å². The fourth-order valence-corrected chi connectivity index (χ4v) is 5.62. The third-order valence-electron chi connectivity index (χ3n) is 5.52. The number of piperidine rings is 1. The molecule has 160 valence electrons. The first-order chi connectivity index (χ1) is 14.9. The number of anilines is 1. The lowest BCUT2D eigenvalue weighted by molar-refractivity contribution is 0.102. The number of amides is 1. The van der Waals surface area contributed by atoms with Crippen LogP contribution in [0.15, 0.2) is 78.0 Å². The molecule has 4 rings (SSSR count). The predicted octanol–water partition coefficient (Wildman–Crippen LogP) is 4.56. The highest BCUT2D eigenvalue weighted by molar-refractivity contribution is 7.89. The third kappa shape index (κ3) is 4.68. The van der Waals surface area contributed by atoms with Gasteiger partial charge in [0.1, 0.15) is 0 Å². The number of benzene rings is 2. The first-order valence-corrected chi connectivity index (χ1v) is 11.8. The Labute approximate surface area is 183 Å². The highest BCUT2D eigenvalue weighted by Crippen LogP contribution is 2.35. The molecular weight excluding hydrogens is 410 g/mol. The second-order valence-electron chi connectivity index (χ2n) is 7.76. The number of pyridine rings is 1. The smallest absolute Gasteiger partial charge is 0.255 e. The Morgan fingerprint density at radius 3 is 2.58 bits per heavy atom. The summed E-state index contributed by atoms with van der Waals surface area (Å²) in [5.41, 5.74) is 3.02. The molecule has 0 spiro atoms. The second kappa shape index (κ2) is 8.99. The van der Waals surface area contributed by atoms with Crippen LogP contribution in [0.2, 0.25) is 0 Å². The lowest BCUT2D eigenvalue weighted by Crippen LogP contribution is -2.38. The van der Waals surface area contributed by atoms with E-state index in [9.17, 15) is 13.2 Å². The standard InChI is InChI=1S/C24H25N3O3S/c1-18-6-4-7-19(16-18)24(28)26-21-10-12-22(13-11-21)31(29,30)27-15-3-2-9-23(27)20-8-5-14-25-17-20/h4-8,10-14,16-17,23H,2-3,9,15H2,1H3,(H,26,28)/t23-/m1/s1. The minimum atomic E-state index is -3.67. The molecule has 1 aromatic heterocycles. The van der Waals surface area contributed by atoms with Gasteiger partial charge in [-0.15, -0.1) is 0 Å². The fraction of sp³-hybridized carbons (Fsp3) is 0.250. The maximum Gasteiger partial charge on any atom is 0.255 e. The zero-order chi connectivity index (χ0) is 21.8. The second-order valence-corrected chi connectivity index (χ2v) is 9.65. The number of sulfonamides is 1. The SMILES string of the molecule is Cc1cccc(C(=O)Nc2ccc(S(=O)(=O)N3CCCC[C@@H]3c3cccnc3)cc2)c1. The molecule has 31 heavy (non-hydrogen) atoms. The highest BCUT2D eigenvalue weighted by Gasteiger charge is 2.34. The molecule has 1 aliphatic rings. The van der Waals surface area contributed by atoms with E-state index in [1.54, 1.807) is 47.0 Å². The Morgan fingerprint density at radius 2 is 1.87 bits per heavy atom. The van der Waals surface area contributed by atoms with Crippen LogP contribution in [-0.4, -0.2) is 30.2 Å². The molecule has 1 N–H and O–H groups in total. The summed E-state index contributed by atoms with van der Waals surface area (Å²) >= 11 is 0. The lowest BCUT2D eigenvalue weighted by Gasteiger charge is -2.34. The molecule has 2 heterocycles. The summed E-state index contributed by atoms with van der Waals surface area (Å²) in [6.45, 7) is 2.41. The Hall–Kier alpha value is -3.03. The number of nitrogens with zero attached hydrogens (tertiary/aromatic N) is 2. The van der Waals surface area contributed by atoms with Crippen molar-refractivity contribution in [2.75, 3.05) is 11.9 Å². The molecule has 2 aromatic carbocycles. The molecule has 6 nitrogen and oxygen atoms in total. The average Bonchev–Trinajstić information content (AvgIpc) is 2.80. The topological polar surface area (TPSA) is 79.4 Å². The van der Waals surface area contributed by atoms with E-state index in [4.69, 9.17) is 0 Å². The number of rotatable bonds is 5. The van der Waals surface area contributed by atoms with Gasteiger partial charge in [0.2, 0.25) is 10.0 Å². The molecule has 1 amide bonds. The number of aryl methyl sites for hydroxylation is 1. The Morgan fingerprint density at radius 1 is 1.06 bits per heavy atom. The first kappa shape index (κ1) is 21.2. The molecule has 0 unspecified atom stereocenters. The molecule has 0 aliphatic carbocycles. The maximum atomic E-state index is 13.4. The molecule has 1 fully saturated rings. The quantitative estimate of drug-likeness (QED) is 0.637. The van der Waals surface area contributed by atoms with E-state index < -0.39 is 10.0 Å². The molecule has 7 heteroatoms. The zero-order valence-corrected chi connectivity index (χ0v) is 18.2. The molecular formula is C24H25N3O3S. The van der Waals surface area contributed by atoms with Crippen LogP contribution in [0, 0.1) is 6.92 Å². The number of carbonyl (C=O) groups excluding carboxylic acids is 1. The summed E-state index contributed by atoms with van der Waals surface area (Å²) in [4.78, 5) is 16.8. The van der Waals surface area contributed by atoms with E-state index in [1.807, 2.05) is 37.3 Å². The summed E-state index contributed by atoms with van der Waals surface area (Å²) in [5.74, 6) is -0.230. The van der Waals surface area contributed by atoms with Crippen LogP contribution < -0.4 is 5.32 Å². The highest BCUT2D eigenvalue weighted by atomic mass is 32.2. The van der Waals surface area contributed by atoms with Gasteiger partial charge >= 0.3 is 0 Å². The van der Waals surface area contributed by atoms with Crippen molar-refractivity contribution < 1.29 is 13.2 Å². The van der Waals surface area contributed by atoms with Crippen molar-refractivity contribution in [1.82, 2.24) is 9.29 Å². The van der Waals surface area contributed by atoms with Gasteiger partial charge in [0.05, 0.1) is 10.9 Å². The molecule has 1 atom stereocenters. The summed E-state index contributed by atoms with van der Waals surface area (Å²) in [6, 6.07) is 17.2. The van der Waals surface area contributed by atoms with Gasteiger partial charge in [-0.3, -0.25) is 9.78 Å². The van der Waals surface area contributed by atoms with Crippen molar-refractivity contribution in [3.05, 3.63) is 89.7 Å². The first-order valence-electron chi connectivity index (χ1n) is 10.3. The zero-order valence-electron chi connectivity index (χ0n) is 17.4. The van der Waals surface area contributed by atoms with E-state index in [1.165, 1.54) is 0 Å². The van der Waals surface area contributed by atoms with Gasteiger partial charge in [-0.2, -0.15) is 4.31 Å². The summed E-state index contributed by atoms with van der Waals surface area (Å²) < 4.78 is 28.3. The monoisotopic (exact) mass is 435 g/mol. The summed E-state index contributed by atoms with van der Waals surface area (Å²) in [6.07, 6.45) is 6.02. The maximum absolute atomic E-state index is 13.4. The van der Waals surface area contributed by atoms with Crippen molar-refractivity contribution in [1.29, 1.82) is 0 Å². The Kier molecular flexibility index (Phi) is 6.15. The van der Waals surface area contributed by atoms with E-state index >= 15 is 0 Å². The molecule has 0 saturated carbocycles. The number of carbonyl (C=O) groups is 1. The number of hydrogen-bond donors (Lipinski definition) is 1. The molecule has 3 aromatic rings. The van der Waals surface area contributed by atoms with E-state index in [0.29, 0.717) is 17.8 Å². The number of aromatic nitrogens is 1. The third-order valence-corrected chi connectivity index (χ3v) is 7.44. The minimum Gasteiger partial charge on any atom is -0.322 e. The van der Waals surface area contributed by atoms with Crippen LogP contribution in [0.25, 0.3) is 0 Å². The van der Waals surface area contributed by atoms with Crippen LogP contribution in [0.3, 0.4) is 0 Å². The van der Waals surface area contributed by atoms with Gasteiger partial charge in [-0.1, -0.05) is 30.2 Å². The number of nitrogens with one attached hydrogen (secondary N) is 1. The minimum absolute atomic E-state index is 0.215. The van der Waals surface area contributed by atoms with Gasteiger partial charge in [0.25, 0.3) is 5.91 Å². The Bertz CT molecular complexity index is 1160. The predicted molar refractivity (Wildman–Crippen MR) is 120 cm³/mol. The summed E-state index contributed by atoms with van der Waals surface area (Å²) in [5, 5.41) is 2.82. The van der Waals surface area contributed by atoms with Gasteiger partial charge in [-0.25, -0.2) is 8.42 Å². The summed E-state index contributed by atoms with van der Waals surface area (Å²) in [7, 11) is -3.67. The van der Waals surface area contributed by atoms with Crippen molar-refractivity contribution >= 4 is 21.6 Å². The largest absolute Gasteiger partial charge is 0.322 e. The molecule has 0 radical (unpaired) electrons. The van der Waals surface area contributed by atoms with Crippen LogP contribution in [-0.2, 0) is 10.0 Å². The fourth-order valence-electron chi connectivity index (χ4n) is 3.93. The van der Waals surface area contributed by atoms with Crippen molar-refractivity contribution in [3.63, 3.8) is 0 Å². The van der Waals surface area contributed by atoms with Crippen LogP contribution in [0.1, 0.15) is 46.8 Å². The molecule has 0 bridgehead atoms. The number of hydrogen-bond acceptors (Lipinski definition) is 4. The van der Waals surface area contributed by atoms with Gasteiger partial charge in [0, 0.05) is 30.2 Å². The van der Waals surface area contributed by atoms with Gasteiger partial charge in [0.15, 0.2) is 0 Å². The van der Waals surface area contributed by atoms with Crippen LogP contribution in [0.5, 0.6) is 0 Å². The Balaban J connectivity index is 1.54.